The average molecular weight is 273 g/mol. The number of nitrogens with zero attached hydrogens (tertiary/aromatic N) is 2. The van der Waals surface area contributed by atoms with Gasteiger partial charge < -0.3 is 15.2 Å². The van der Waals surface area contributed by atoms with Crippen LogP contribution < -0.4 is 10.1 Å². The van der Waals surface area contributed by atoms with E-state index in [0.717, 1.165) is 11.3 Å². The lowest BCUT2D eigenvalue weighted by Crippen LogP contribution is -2.09. The third-order valence-corrected chi connectivity index (χ3v) is 3.53. The van der Waals surface area contributed by atoms with Gasteiger partial charge in [-0.3, -0.25) is 0 Å². The maximum atomic E-state index is 11.3. The molecule has 20 heavy (non-hydrogen) atoms. The SMILES string of the molecule is COc1ccc([C@H]2Cn3nc(C)c(C(=O)O)c3N2)cc1. The Kier molecular flexibility index (Phi) is 2.85. The second-order valence-electron chi connectivity index (χ2n) is 4.77. The number of aromatic nitrogens is 2. The molecule has 0 saturated heterocycles. The minimum Gasteiger partial charge on any atom is -0.497 e. The summed E-state index contributed by atoms with van der Waals surface area (Å²) in [5.74, 6) is 0.425. The van der Waals surface area contributed by atoms with Crippen molar-refractivity contribution in [3.63, 3.8) is 0 Å². The predicted octanol–water partition coefficient (Wildman–Crippen LogP) is 2.07. The third kappa shape index (κ3) is 1.89. The number of aromatic carboxylic acids is 1. The number of hydrogen-bond donors (Lipinski definition) is 2. The van der Waals surface area contributed by atoms with Gasteiger partial charge >= 0.3 is 5.97 Å². The van der Waals surface area contributed by atoms with Gasteiger partial charge in [-0.2, -0.15) is 5.10 Å². The van der Waals surface area contributed by atoms with Crippen LogP contribution in [0.1, 0.15) is 27.7 Å². The fourth-order valence-electron chi connectivity index (χ4n) is 2.52. The van der Waals surface area contributed by atoms with E-state index < -0.39 is 5.97 Å². The molecule has 6 nitrogen and oxygen atoms in total. The number of fused-ring (bicyclic) bond motifs is 1. The standard InChI is InChI=1S/C14H15N3O3/c1-8-12(14(18)19)13-15-11(7-17(13)16-8)9-3-5-10(20-2)6-4-9/h3-6,11,15H,7H2,1-2H3,(H,18,19)/t11-/m1/s1. The van der Waals surface area contributed by atoms with Crippen molar-refractivity contribution in [1.82, 2.24) is 9.78 Å². The van der Waals surface area contributed by atoms with Crippen LogP contribution in [0.5, 0.6) is 5.75 Å². The molecule has 0 aliphatic carbocycles. The van der Waals surface area contributed by atoms with Gasteiger partial charge in [0.1, 0.15) is 17.1 Å². The summed E-state index contributed by atoms with van der Waals surface area (Å²) in [7, 11) is 1.63. The van der Waals surface area contributed by atoms with E-state index in [0.29, 0.717) is 18.1 Å². The number of rotatable bonds is 3. The number of anilines is 1. The van der Waals surface area contributed by atoms with Gasteiger partial charge in [0.2, 0.25) is 0 Å². The molecule has 104 valence electrons. The van der Waals surface area contributed by atoms with E-state index in [1.165, 1.54) is 0 Å². The highest BCUT2D eigenvalue weighted by atomic mass is 16.5. The first-order valence-corrected chi connectivity index (χ1v) is 6.31. The van der Waals surface area contributed by atoms with Gasteiger partial charge in [0.15, 0.2) is 0 Å². The molecule has 1 aromatic carbocycles. The summed E-state index contributed by atoms with van der Waals surface area (Å²) in [4.78, 5) is 11.3. The van der Waals surface area contributed by atoms with Gasteiger partial charge in [-0.1, -0.05) is 12.1 Å². The molecule has 0 spiro atoms. The zero-order valence-corrected chi connectivity index (χ0v) is 11.3. The van der Waals surface area contributed by atoms with Crippen molar-refractivity contribution in [1.29, 1.82) is 0 Å². The Morgan fingerprint density at radius 3 is 2.75 bits per heavy atom. The minimum absolute atomic E-state index is 0.0297. The van der Waals surface area contributed by atoms with Gasteiger partial charge in [0, 0.05) is 0 Å². The molecule has 0 unspecified atom stereocenters. The lowest BCUT2D eigenvalue weighted by molar-refractivity contribution is 0.0697. The van der Waals surface area contributed by atoms with E-state index in [1.54, 1.807) is 18.7 Å². The highest BCUT2D eigenvalue weighted by Crippen LogP contribution is 2.33. The van der Waals surface area contributed by atoms with Crippen molar-refractivity contribution in [2.45, 2.75) is 19.5 Å². The quantitative estimate of drug-likeness (QED) is 0.895. The average Bonchev–Trinajstić information content (AvgIpc) is 2.94. The van der Waals surface area contributed by atoms with Crippen LogP contribution in [-0.2, 0) is 6.54 Å². The molecule has 1 aromatic heterocycles. The van der Waals surface area contributed by atoms with Crippen LogP contribution in [0, 0.1) is 6.92 Å². The Morgan fingerprint density at radius 1 is 1.45 bits per heavy atom. The Hall–Kier alpha value is -2.50. The van der Waals surface area contributed by atoms with E-state index in [-0.39, 0.29) is 11.6 Å². The Morgan fingerprint density at radius 2 is 2.15 bits per heavy atom. The molecule has 3 rings (SSSR count). The fourth-order valence-corrected chi connectivity index (χ4v) is 2.52. The molecule has 1 aliphatic heterocycles. The smallest absolute Gasteiger partial charge is 0.341 e. The van der Waals surface area contributed by atoms with Crippen LogP contribution in [0.2, 0.25) is 0 Å². The maximum Gasteiger partial charge on any atom is 0.341 e. The fraction of sp³-hybridized carbons (Fsp3) is 0.286. The summed E-state index contributed by atoms with van der Waals surface area (Å²) in [5, 5.41) is 16.7. The molecule has 1 atom stereocenters. The molecule has 0 amide bonds. The van der Waals surface area contributed by atoms with Crippen molar-refractivity contribution in [2.24, 2.45) is 0 Å². The van der Waals surface area contributed by atoms with Crippen molar-refractivity contribution in [3.05, 3.63) is 41.1 Å². The first kappa shape index (κ1) is 12.5. The van der Waals surface area contributed by atoms with Gasteiger partial charge in [-0.25, -0.2) is 9.48 Å². The first-order valence-electron chi connectivity index (χ1n) is 6.31. The molecule has 1 aliphatic rings. The Labute approximate surface area is 116 Å². The van der Waals surface area contributed by atoms with E-state index in [9.17, 15) is 9.90 Å². The van der Waals surface area contributed by atoms with Crippen LogP contribution in [0.4, 0.5) is 5.82 Å². The van der Waals surface area contributed by atoms with E-state index in [4.69, 9.17) is 4.74 Å². The number of ether oxygens (including phenoxy) is 1. The molecule has 0 saturated carbocycles. The monoisotopic (exact) mass is 273 g/mol. The lowest BCUT2D eigenvalue weighted by Gasteiger charge is -2.12. The summed E-state index contributed by atoms with van der Waals surface area (Å²) >= 11 is 0. The number of hydrogen-bond acceptors (Lipinski definition) is 4. The van der Waals surface area contributed by atoms with Crippen molar-refractivity contribution < 1.29 is 14.6 Å². The van der Waals surface area contributed by atoms with Crippen LogP contribution in [-0.4, -0.2) is 28.0 Å². The number of carbonyl (C=O) groups is 1. The predicted molar refractivity (Wildman–Crippen MR) is 73.3 cm³/mol. The van der Waals surface area contributed by atoms with Crippen LogP contribution >= 0.6 is 0 Å². The van der Waals surface area contributed by atoms with Crippen LogP contribution in [0.3, 0.4) is 0 Å². The van der Waals surface area contributed by atoms with E-state index >= 15 is 0 Å². The Bertz CT molecular complexity index is 661. The van der Waals surface area contributed by atoms with Gasteiger partial charge in [0.05, 0.1) is 25.4 Å². The summed E-state index contributed by atoms with van der Waals surface area (Å²) < 4.78 is 6.85. The van der Waals surface area contributed by atoms with Crippen molar-refractivity contribution >= 4 is 11.8 Å². The van der Waals surface area contributed by atoms with Gasteiger partial charge in [0.25, 0.3) is 0 Å². The second kappa shape index (κ2) is 4.56. The van der Waals surface area contributed by atoms with Crippen LogP contribution in [0.15, 0.2) is 24.3 Å². The molecule has 2 aromatic rings. The second-order valence-corrected chi connectivity index (χ2v) is 4.77. The molecule has 0 radical (unpaired) electrons. The first-order chi connectivity index (χ1) is 9.60. The zero-order chi connectivity index (χ0) is 14.3. The third-order valence-electron chi connectivity index (χ3n) is 3.53. The topological polar surface area (TPSA) is 76.4 Å². The molecular weight excluding hydrogens is 258 g/mol. The highest BCUT2D eigenvalue weighted by molar-refractivity contribution is 5.95. The highest BCUT2D eigenvalue weighted by Gasteiger charge is 2.30. The summed E-state index contributed by atoms with van der Waals surface area (Å²) in [5.41, 5.74) is 1.86. The minimum atomic E-state index is -0.952. The number of nitrogens with one attached hydrogen (secondary N) is 1. The van der Waals surface area contributed by atoms with E-state index in [1.807, 2.05) is 24.3 Å². The molecule has 0 fully saturated rings. The Balaban J connectivity index is 1.88. The molecule has 0 bridgehead atoms. The van der Waals surface area contributed by atoms with E-state index in [2.05, 4.69) is 10.4 Å². The van der Waals surface area contributed by atoms with Crippen molar-refractivity contribution in [2.75, 3.05) is 12.4 Å². The number of benzene rings is 1. The molecule has 2 heterocycles. The van der Waals surface area contributed by atoms with Crippen molar-refractivity contribution in [3.8, 4) is 5.75 Å². The summed E-state index contributed by atoms with van der Waals surface area (Å²) in [6.45, 7) is 2.33. The molecular formula is C14H15N3O3. The molecule has 6 heteroatoms. The van der Waals surface area contributed by atoms with Gasteiger partial charge in [-0.05, 0) is 24.6 Å². The number of carboxylic acid groups (broad SMARTS) is 1. The lowest BCUT2D eigenvalue weighted by atomic mass is 10.1. The number of carboxylic acids is 1. The number of methoxy groups -OCH3 is 1. The number of aryl methyl sites for hydroxylation is 1. The van der Waals surface area contributed by atoms with Gasteiger partial charge in [-0.15, -0.1) is 0 Å². The van der Waals surface area contributed by atoms with Crippen LogP contribution in [0.25, 0.3) is 0 Å². The normalized spacial score (nSPS) is 16.6. The largest absolute Gasteiger partial charge is 0.497 e. The summed E-state index contributed by atoms with van der Waals surface area (Å²) in [6, 6.07) is 7.75. The molecule has 2 N–H and O–H groups in total. The summed E-state index contributed by atoms with van der Waals surface area (Å²) in [6.07, 6.45) is 0. The maximum absolute atomic E-state index is 11.3. The zero-order valence-electron chi connectivity index (χ0n) is 11.3.